The molecule has 2 rings (SSSR count). The lowest BCUT2D eigenvalue weighted by Gasteiger charge is -2.28. The molecule has 20 heavy (non-hydrogen) atoms. The molecule has 1 atom stereocenters. The molecular formula is C17H28N2O. The molecule has 1 fully saturated rings. The van der Waals surface area contributed by atoms with Gasteiger partial charge in [-0.05, 0) is 37.0 Å². The standard InChI is InChI=1S/C17H28N2O/c1-2-12-20-16-10-8-14(9-11-16)17(13-18)19-15-6-4-3-5-7-15/h8-11,15,17,19H,2-7,12-13,18H2,1H3. The first-order valence-electron chi connectivity index (χ1n) is 8.02. The molecule has 0 radical (unpaired) electrons. The van der Waals surface area contributed by atoms with E-state index in [1.807, 2.05) is 0 Å². The molecule has 1 saturated carbocycles. The highest BCUT2D eigenvalue weighted by molar-refractivity contribution is 5.29. The van der Waals surface area contributed by atoms with Crippen LogP contribution in [0.25, 0.3) is 0 Å². The fourth-order valence-electron chi connectivity index (χ4n) is 2.87. The molecule has 3 nitrogen and oxygen atoms in total. The van der Waals surface area contributed by atoms with Crippen molar-refractivity contribution in [2.24, 2.45) is 5.73 Å². The average Bonchev–Trinajstić information content (AvgIpc) is 2.52. The minimum Gasteiger partial charge on any atom is -0.494 e. The summed E-state index contributed by atoms with van der Waals surface area (Å²) in [5, 5.41) is 3.72. The second-order valence-electron chi connectivity index (χ2n) is 5.71. The zero-order valence-corrected chi connectivity index (χ0v) is 12.6. The smallest absolute Gasteiger partial charge is 0.119 e. The predicted octanol–water partition coefficient (Wildman–Crippen LogP) is 3.40. The number of hydrogen-bond acceptors (Lipinski definition) is 3. The van der Waals surface area contributed by atoms with Crippen LogP contribution < -0.4 is 15.8 Å². The minimum absolute atomic E-state index is 0.262. The summed E-state index contributed by atoms with van der Waals surface area (Å²) in [4.78, 5) is 0. The topological polar surface area (TPSA) is 47.3 Å². The van der Waals surface area contributed by atoms with Crippen LogP contribution in [0.3, 0.4) is 0 Å². The number of ether oxygens (including phenoxy) is 1. The fraction of sp³-hybridized carbons (Fsp3) is 0.647. The van der Waals surface area contributed by atoms with Crippen LogP contribution in [0.1, 0.15) is 57.1 Å². The van der Waals surface area contributed by atoms with E-state index in [0.717, 1.165) is 18.8 Å². The van der Waals surface area contributed by atoms with E-state index < -0.39 is 0 Å². The lowest BCUT2D eigenvalue weighted by Crippen LogP contribution is -2.37. The van der Waals surface area contributed by atoms with E-state index in [-0.39, 0.29) is 6.04 Å². The number of hydrogen-bond donors (Lipinski definition) is 2. The summed E-state index contributed by atoms with van der Waals surface area (Å²) in [6.45, 7) is 3.54. The fourth-order valence-corrected chi connectivity index (χ4v) is 2.87. The Labute approximate surface area is 122 Å². The van der Waals surface area contributed by atoms with Gasteiger partial charge in [-0.3, -0.25) is 0 Å². The molecule has 0 saturated heterocycles. The molecule has 3 N–H and O–H groups in total. The van der Waals surface area contributed by atoms with Crippen LogP contribution in [0.5, 0.6) is 5.75 Å². The van der Waals surface area contributed by atoms with Crippen molar-refractivity contribution in [3.8, 4) is 5.75 Å². The normalized spacial score (nSPS) is 17.9. The maximum Gasteiger partial charge on any atom is 0.119 e. The molecule has 1 aromatic carbocycles. The third-order valence-corrected chi connectivity index (χ3v) is 4.03. The predicted molar refractivity (Wildman–Crippen MR) is 84.0 cm³/mol. The molecule has 0 spiro atoms. The van der Waals surface area contributed by atoms with Crippen LogP contribution >= 0.6 is 0 Å². The van der Waals surface area contributed by atoms with Crippen LogP contribution in [0.15, 0.2) is 24.3 Å². The third-order valence-electron chi connectivity index (χ3n) is 4.03. The highest BCUT2D eigenvalue weighted by Crippen LogP contribution is 2.22. The Kier molecular flexibility index (Phi) is 6.34. The van der Waals surface area contributed by atoms with Crippen molar-refractivity contribution in [3.05, 3.63) is 29.8 Å². The van der Waals surface area contributed by atoms with Gasteiger partial charge in [-0.2, -0.15) is 0 Å². The Morgan fingerprint density at radius 2 is 1.90 bits per heavy atom. The molecule has 1 aliphatic rings. The Hall–Kier alpha value is -1.06. The van der Waals surface area contributed by atoms with Gasteiger partial charge in [0.05, 0.1) is 6.61 Å². The molecule has 0 aromatic heterocycles. The van der Waals surface area contributed by atoms with Crippen LogP contribution in [-0.4, -0.2) is 19.2 Å². The number of rotatable bonds is 7. The first-order chi connectivity index (χ1) is 9.83. The van der Waals surface area contributed by atoms with Gasteiger partial charge in [-0.1, -0.05) is 38.3 Å². The largest absolute Gasteiger partial charge is 0.494 e. The first kappa shape index (κ1) is 15.3. The molecule has 1 aromatic rings. The second-order valence-corrected chi connectivity index (χ2v) is 5.71. The van der Waals surface area contributed by atoms with Gasteiger partial charge >= 0.3 is 0 Å². The maximum atomic E-state index is 5.95. The summed E-state index contributed by atoms with van der Waals surface area (Å²) < 4.78 is 5.62. The number of nitrogens with two attached hydrogens (primary N) is 1. The van der Waals surface area contributed by atoms with Crippen LogP contribution in [0.2, 0.25) is 0 Å². The number of nitrogens with one attached hydrogen (secondary N) is 1. The summed E-state index contributed by atoms with van der Waals surface area (Å²) in [5.74, 6) is 0.948. The lowest BCUT2D eigenvalue weighted by atomic mass is 9.94. The van der Waals surface area contributed by atoms with Crippen LogP contribution in [0, 0.1) is 0 Å². The highest BCUT2D eigenvalue weighted by Gasteiger charge is 2.18. The van der Waals surface area contributed by atoms with E-state index in [0.29, 0.717) is 12.6 Å². The van der Waals surface area contributed by atoms with Crippen molar-refractivity contribution in [1.29, 1.82) is 0 Å². The second kappa shape index (κ2) is 8.28. The Morgan fingerprint density at radius 3 is 2.50 bits per heavy atom. The Bertz CT molecular complexity index is 371. The minimum atomic E-state index is 0.262. The van der Waals surface area contributed by atoms with E-state index in [1.165, 1.54) is 37.7 Å². The van der Waals surface area contributed by atoms with E-state index in [2.05, 4.69) is 36.5 Å². The quantitative estimate of drug-likeness (QED) is 0.802. The van der Waals surface area contributed by atoms with Gasteiger partial charge < -0.3 is 15.8 Å². The highest BCUT2D eigenvalue weighted by atomic mass is 16.5. The summed E-state index contributed by atoms with van der Waals surface area (Å²) in [6.07, 6.45) is 7.69. The Balaban J connectivity index is 1.92. The van der Waals surface area contributed by atoms with Crippen molar-refractivity contribution in [2.45, 2.75) is 57.5 Å². The van der Waals surface area contributed by atoms with Gasteiger partial charge in [0.15, 0.2) is 0 Å². The van der Waals surface area contributed by atoms with E-state index in [4.69, 9.17) is 10.5 Å². The van der Waals surface area contributed by atoms with Gasteiger partial charge in [0.25, 0.3) is 0 Å². The molecule has 3 heteroatoms. The van der Waals surface area contributed by atoms with E-state index in [1.54, 1.807) is 0 Å². The average molecular weight is 276 g/mol. The van der Waals surface area contributed by atoms with Crippen molar-refractivity contribution in [2.75, 3.05) is 13.2 Å². The van der Waals surface area contributed by atoms with Crippen LogP contribution in [-0.2, 0) is 0 Å². The maximum absolute atomic E-state index is 5.95. The summed E-state index contributed by atoms with van der Waals surface area (Å²) in [5.41, 5.74) is 7.21. The molecule has 1 aliphatic carbocycles. The summed E-state index contributed by atoms with van der Waals surface area (Å²) >= 11 is 0. The zero-order valence-electron chi connectivity index (χ0n) is 12.6. The molecule has 0 aliphatic heterocycles. The van der Waals surface area contributed by atoms with Gasteiger partial charge in [0, 0.05) is 18.6 Å². The zero-order chi connectivity index (χ0) is 14.2. The van der Waals surface area contributed by atoms with Crippen molar-refractivity contribution in [1.82, 2.24) is 5.32 Å². The van der Waals surface area contributed by atoms with Gasteiger partial charge in [-0.15, -0.1) is 0 Å². The van der Waals surface area contributed by atoms with Crippen molar-refractivity contribution in [3.63, 3.8) is 0 Å². The monoisotopic (exact) mass is 276 g/mol. The van der Waals surface area contributed by atoms with E-state index >= 15 is 0 Å². The SMILES string of the molecule is CCCOc1ccc(C(CN)NC2CCCCC2)cc1. The van der Waals surface area contributed by atoms with E-state index in [9.17, 15) is 0 Å². The third kappa shape index (κ3) is 4.50. The Morgan fingerprint density at radius 1 is 1.20 bits per heavy atom. The van der Waals surface area contributed by atoms with Gasteiger partial charge in [0.1, 0.15) is 5.75 Å². The first-order valence-corrected chi connectivity index (χ1v) is 8.02. The molecule has 112 valence electrons. The lowest BCUT2D eigenvalue weighted by molar-refractivity contribution is 0.316. The van der Waals surface area contributed by atoms with Crippen molar-refractivity contribution < 1.29 is 4.74 Å². The van der Waals surface area contributed by atoms with Crippen LogP contribution in [0.4, 0.5) is 0 Å². The summed E-state index contributed by atoms with van der Waals surface area (Å²) in [6, 6.07) is 9.27. The van der Waals surface area contributed by atoms with Gasteiger partial charge in [0.2, 0.25) is 0 Å². The molecule has 0 heterocycles. The molecular weight excluding hydrogens is 248 g/mol. The summed E-state index contributed by atoms with van der Waals surface area (Å²) in [7, 11) is 0. The molecule has 1 unspecified atom stereocenters. The number of benzene rings is 1. The van der Waals surface area contributed by atoms with Crippen molar-refractivity contribution >= 4 is 0 Å². The molecule has 0 bridgehead atoms. The molecule has 0 amide bonds. The van der Waals surface area contributed by atoms with Gasteiger partial charge in [-0.25, -0.2) is 0 Å².